The number of anilines is 1. The third-order valence-electron chi connectivity index (χ3n) is 6.67. The lowest BCUT2D eigenvalue weighted by Crippen LogP contribution is -2.49. The molecule has 2 fully saturated rings. The lowest BCUT2D eigenvalue weighted by molar-refractivity contribution is 0.0123. The maximum Gasteiger partial charge on any atom is 0.410 e. The van der Waals surface area contributed by atoms with Gasteiger partial charge in [-0.25, -0.2) is 18.2 Å². The van der Waals surface area contributed by atoms with Crippen LogP contribution in [0.15, 0.2) is 12.3 Å². The highest BCUT2D eigenvalue weighted by molar-refractivity contribution is 7.89. The van der Waals surface area contributed by atoms with Crippen molar-refractivity contribution in [3.05, 3.63) is 17.8 Å². The zero-order valence-electron chi connectivity index (χ0n) is 20.1. The van der Waals surface area contributed by atoms with Crippen LogP contribution < -0.4 is 9.64 Å². The van der Waals surface area contributed by atoms with Crippen molar-refractivity contribution in [3.8, 4) is 5.75 Å². The number of fused-ring (bicyclic) bond motifs is 1. The molecular formula is C23H36N4O5S. The van der Waals surface area contributed by atoms with Gasteiger partial charge in [0.05, 0.1) is 11.9 Å². The molecule has 0 saturated carbocycles. The molecule has 0 bridgehead atoms. The number of piperidine rings is 1. The van der Waals surface area contributed by atoms with Gasteiger partial charge in [-0.1, -0.05) is 0 Å². The second kappa shape index (κ2) is 9.29. The number of pyridine rings is 1. The molecule has 3 aliphatic heterocycles. The largest absolute Gasteiger partial charge is 0.488 e. The van der Waals surface area contributed by atoms with Crippen LogP contribution in [-0.2, 0) is 21.2 Å². The summed E-state index contributed by atoms with van der Waals surface area (Å²) in [4.78, 5) is 20.9. The van der Waals surface area contributed by atoms with E-state index in [0.29, 0.717) is 45.2 Å². The molecule has 1 unspecified atom stereocenters. The second-order valence-electron chi connectivity index (χ2n) is 10.1. The Kier molecular flexibility index (Phi) is 6.77. The number of likely N-dealkylation sites (tertiary alicyclic amines) is 1. The molecular weight excluding hydrogens is 444 g/mol. The number of sulfonamides is 1. The monoisotopic (exact) mass is 480 g/mol. The van der Waals surface area contributed by atoms with Crippen LogP contribution in [0.3, 0.4) is 0 Å². The Hall–Kier alpha value is -2.07. The van der Waals surface area contributed by atoms with Crippen LogP contribution in [0, 0.1) is 5.92 Å². The van der Waals surface area contributed by atoms with Crippen LogP contribution in [0.1, 0.15) is 46.1 Å². The quantitative estimate of drug-likeness (QED) is 0.654. The van der Waals surface area contributed by atoms with Crippen LogP contribution in [0.25, 0.3) is 0 Å². The van der Waals surface area contributed by atoms with Gasteiger partial charge in [-0.3, -0.25) is 0 Å². The minimum Gasteiger partial charge on any atom is -0.488 e. The van der Waals surface area contributed by atoms with Gasteiger partial charge in [0.2, 0.25) is 10.0 Å². The second-order valence-corrected chi connectivity index (χ2v) is 12.4. The number of amides is 1. The molecule has 1 aromatic heterocycles. The van der Waals surface area contributed by atoms with Gasteiger partial charge in [-0.15, -0.1) is 0 Å². The minimum absolute atomic E-state index is 0.101. The summed E-state index contributed by atoms with van der Waals surface area (Å²) in [6, 6.07) is 2.09. The number of hydrogen-bond acceptors (Lipinski definition) is 7. The van der Waals surface area contributed by atoms with Crippen molar-refractivity contribution in [2.24, 2.45) is 5.92 Å². The third-order valence-corrected chi connectivity index (χ3v) is 8.55. The van der Waals surface area contributed by atoms with E-state index in [0.717, 1.165) is 36.4 Å². The lowest BCUT2D eigenvalue weighted by atomic mass is 9.89. The smallest absolute Gasteiger partial charge is 0.410 e. The number of carbonyl (C=O) groups excluding carboxylic acids is 1. The molecule has 1 amide bonds. The molecule has 3 aliphatic rings. The fourth-order valence-electron chi connectivity index (χ4n) is 4.75. The fourth-order valence-corrected chi connectivity index (χ4v) is 5.84. The van der Waals surface area contributed by atoms with Crippen molar-refractivity contribution in [2.75, 3.05) is 49.9 Å². The van der Waals surface area contributed by atoms with E-state index in [4.69, 9.17) is 9.47 Å². The van der Waals surface area contributed by atoms with Gasteiger partial charge in [0, 0.05) is 51.3 Å². The molecule has 184 valence electrons. The summed E-state index contributed by atoms with van der Waals surface area (Å²) in [6.45, 7) is 11.0. The number of hydrogen-bond donors (Lipinski definition) is 0. The number of carbonyl (C=O) groups is 1. The summed E-state index contributed by atoms with van der Waals surface area (Å²) in [5.74, 6) is 2.25. The Labute approximate surface area is 197 Å². The van der Waals surface area contributed by atoms with E-state index in [1.165, 1.54) is 0 Å². The lowest BCUT2D eigenvalue weighted by Gasteiger charge is -2.35. The van der Waals surface area contributed by atoms with E-state index in [1.807, 2.05) is 20.8 Å². The van der Waals surface area contributed by atoms with E-state index in [1.54, 1.807) is 22.3 Å². The van der Waals surface area contributed by atoms with Crippen LogP contribution >= 0.6 is 0 Å². The zero-order valence-corrected chi connectivity index (χ0v) is 20.9. The summed E-state index contributed by atoms with van der Waals surface area (Å²) < 4.78 is 37.5. The summed E-state index contributed by atoms with van der Waals surface area (Å²) >= 11 is 0. The first-order chi connectivity index (χ1) is 15.6. The van der Waals surface area contributed by atoms with Crippen molar-refractivity contribution in [1.29, 1.82) is 0 Å². The molecule has 0 spiro atoms. The Morgan fingerprint density at radius 1 is 1.15 bits per heavy atom. The maximum atomic E-state index is 12.3. The van der Waals surface area contributed by atoms with Gasteiger partial charge in [0.25, 0.3) is 0 Å². The summed E-state index contributed by atoms with van der Waals surface area (Å²) in [5, 5.41) is 0. The van der Waals surface area contributed by atoms with Crippen LogP contribution in [0.5, 0.6) is 5.75 Å². The van der Waals surface area contributed by atoms with E-state index in [2.05, 4.69) is 16.0 Å². The van der Waals surface area contributed by atoms with Gasteiger partial charge in [-0.05, 0) is 52.5 Å². The molecule has 4 heterocycles. The van der Waals surface area contributed by atoms with Gasteiger partial charge in [-0.2, -0.15) is 4.31 Å². The number of aromatic nitrogens is 1. The Morgan fingerprint density at radius 3 is 2.42 bits per heavy atom. The molecule has 1 atom stereocenters. The fraction of sp³-hybridized carbons (Fsp3) is 0.739. The van der Waals surface area contributed by atoms with Crippen LogP contribution in [-0.4, -0.2) is 85.4 Å². The average molecular weight is 481 g/mol. The van der Waals surface area contributed by atoms with E-state index >= 15 is 0 Å². The number of piperazine rings is 1. The molecule has 10 heteroatoms. The molecule has 4 rings (SSSR count). The summed E-state index contributed by atoms with van der Waals surface area (Å²) in [5.41, 5.74) is 0.675. The van der Waals surface area contributed by atoms with Crippen molar-refractivity contribution < 1.29 is 22.7 Å². The number of rotatable bonds is 4. The van der Waals surface area contributed by atoms with E-state index in [9.17, 15) is 13.2 Å². The van der Waals surface area contributed by atoms with Crippen molar-refractivity contribution in [1.82, 2.24) is 14.2 Å². The molecule has 0 N–H and O–H groups in total. The Morgan fingerprint density at radius 2 is 1.82 bits per heavy atom. The van der Waals surface area contributed by atoms with E-state index in [-0.39, 0.29) is 18.0 Å². The first-order valence-corrected chi connectivity index (χ1v) is 13.5. The third kappa shape index (κ3) is 5.54. The predicted molar refractivity (Wildman–Crippen MR) is 126 cm³/mol. The SMILES string of the molecule is CCS(=O)(=O)N1CCN(c2cc3c(cn2)OC(C2CCN(C(=O)OC(C)(C)C)CC2)C3)CC1. The normalized spacial score (nSPS) is 22.7. The standard InChI is InChI=1S/C23H36N4O5S/c1-5-33(29,30)27-12-10-25(11-13-27)21-15-18-14-19(31-20(18)16-24-21)17-6-8-26(9-7-17)22(28)32-23(2,3)4/h15-17,19H,5-14H2,1-4H3. The van der Waals surface area contributed by atoms with Crippen LogP contribution in [0.2, 0.25) is 0 Å². The van der Waals surface area contributed by atoms with Gasteiger partial charge >= 0.3 is 6.09 Å². The molecule has 33 heavy (non-hydrogen) atoms. The van der Waals surface area contributed by atoms with Crippen molar-refractivity contribution in [3.63, 3.8) is 0 Å². The van der Waals surface area contributed by atoms with Crippen molar-refractivity contribution in [2.45, 2.75) is 58.7 Å². The molecule has 1 aromatic rings. The predicted octanol–water partition coefficient (Wildman–Crippen LogP) is 2.50. The highest BCUT2D eigenvalue weighted by atomic mass is 32.2. The molecule has 0 aliphatic carbocycles. The zero-order chi connectivity index (χ0) is 23.8. The topological polar surface area (TPSA) is 92.3 Å². The van der Waals surface area contributed by atoms with Gasteiger partial charge in [0.1, 0.15) is 23.3 Å². The first kappa shape index (κ1) is 24.1. The maximum absolute atomic E-state index is 12.3. The number of ether oxygens (including phenoxy) is 2. The molecule has 0 radical (unpaired) electrons. The van der Waals surface area contributed by atoms with Crippen LogP contribution in [0.4, 0.5) is 10.6 Å². The Bertz CT molecular complexity index is 962. The van der Waals surface area contributed by atoms with Gasteiger partial charge in [0.15, 0.2) is 0 Å². The average Bonchev–Trinajstić information content (AvgIpc) is 3.21. The number of nitrogens with zero attached hydrogens (tertiary/aromatic N) is 4. The highest BCUT2D eigenvalue weighted by Crippen LogP contribution is 2.36. The Balaban J connectivity index is 1.31. The summed E-state index contributed by atoms with van der Waals surface area (Å²) in [6.07, 6.45) is 4.29. The van der Waals surface area contributed by atoms with Gasteiger partial charge < -0.3 is 19.3 Å². The van der Waals surface area contributed by atoms with Crippen molar-refractivity contribution >= 4 is 21.9 Å². The molecule has 9 nitrogen and oxygen atoms in total. The van der Waals surface area contributed by atoms with E-state index < -0.39 is 15.6 Å². The molecule has 0 aromatic carbocycles. The molecule has 2 saturated heterocycles. The first-order valence-electron chi connectivity index (χ1n) is 11.9. The highest BCUT2D eigenvalue weighted by Gasteiger charge is 2.35. The minimum atomic E-state index is -3.14. The summed E-state index contributed by atoms with van der Waals surface area (Å²) in [7, 11) is -3.14.